The molecule has 3 aromatic carbocycles. The van der Waals surface area contributed by atoms with Crippen molar-refractivity contribution in [1.29, 1.82) is 0 Å². The van der Waals surface area contributed by atoms with E-state index in [0.717, 1.165) is 11.1 Å². The smallest absolute Gasteiger partial charge is 0.311 e. The van der Waals surface area contributed by atoms with Gasteiger partial charge in [-0.25, -0.2) is 0 Å². The molecule has 3 rings (SSSR count). The van der Waals surface area contributed by atoms with Gasteiger partial charge in [-0.1, -0.05) is 65.7 Å². The average Bonchev–Trinajstić information content (AvgIpc) is 2.68. The maximum Gasteiger partial charge on any atom is 0.311 e. The van der Waals surface area contributed by atoms with Gasteiger partial charge in [-0.3, -0.25) is 4.79 Å². The molecule has 0 bridgehead atoms. The lowest BCUT2D eigenvalue weighted by molar-refractivity contribution is -0.134. The summed E-state index contributed by atoms with van der Waals surface area (Å²) < 4.78 is 10.9. The number of esters is 1. The fourth-order valence-electron chi connectivity index (χ4n) is 2.52. The van der Waals surface area contributed by atoms with Gasteiger partial charge < -0.3 is 9.47 Å². The van der Waals surface area contributed by atoms with Crippen molar-refractivity contribution in [3.63, 3.8) is 0 Å². The Morgan fingerprint density at radius 1 is 0.852 bits per heavy atom. The molecule has 138 valence electrons. The number of carbonyl (C=O) groups excluding carboxylic acids is 1. The first-order chi connectivity index (χ1) is 13.1. The van der Waals surface area contributed by atoms with Crippen LogP contribution >= 0.6 is 23.2 Å². The van der Waals surface area contributed by atoms with E-state index in [4.69, 9.17) is 32.7 Å². The van der Waals surface area contributed by atoms with Crippen molar-refractivity contribution >= 4 is 29.2 Å². The van der Waals surface area contributed by atoms with E-state index in [-0.39, 0.29) is 12.4 Å². The van der Waals surface area contributed by atoms with E-state index >= 15 is 0 Å². The van der Waals surface area contributed by atoms with Crippen LogP contribution in [0.1, 0.15) is 12.8 Å². The van der Waals surface area contributed by atoms with Crippen molar-refractivity contribution in [1.82, 2.24) is 0 Å². The molecule has 0 aliphatic carbocycles. The molecule has 0 saturated heterocycles. The standard InChI is InChI=1S/C22H18Cl2O3/c23-18-10-13-21(20(24)15-18)26-14-4-7-22(25)27-19-11-8-17(9-12-19)16-5-2-1-3-6-16/h1-3,5-6,8-13,15H,4,7,14H2. The van der Waals surface area contributed by atoms with Crippen LogP contribution < -0.4 is 9.47 Å². The maximum absolute atomic E-state index is 12.0. The molecule has 0 atom stereocenters. The topological polar surface area (TPSA) is 35.5 Å². The Hall–Kier alpha value is -2.49. The second-order valence-electron chi connectivity index (χ2n) is 5.89. The van der Waals surface area contributed by atoms with Gasteiger partial charge in [0.1, 0.15) is 11.5 Å². The van der Waals surface area contributed by atoms with Crippen LogP contribution in [0.3, 0.4) is 0 Å². The Morgan fingerprint density at radius 2 is 1.56 bits per heavy atom. The summed E-state index contributed by atoms with van der Waals surface area (Å²) in [5, 5.41) is 0.998. The van der Waals surface area contributed by atoms with E-state index < -0.39 is 0 Å². The number of hydrogen-bond donors (Lipinski definition) is 0. The van der Waals surface area contributed by atoms with Crippen molar-refractivity contribution in [3.05, 3.63) is 82.8 Å². The van der Waals surface area contributed by atoms with E-state index in [1.54, 1.807) is 30.3 Å². The summed E-state index contributed by atoms with van der Waals surface area (Å²) in [4.78, 5) is 12.0. The Kier molecular flexibility index (Phi) is 6.74. The molecule has 0 saturated carbocycles. The SMILES string of the molecule is O=C(CCCOc1ccc(Cl)cc1Cl)Oc1ccc(-c2ccccc2)cc1. The van der Waals surface area contributed by atoms with E-state index in [1.807, 2.05) is 42.5 Å². The Labute approximate surface area is 168 Å². The third-order valence-corrected chi connectivity index (χ3v) is 4.40. The number of carbonyl (C=O) groups is 1. The summed E-state index contributed by atoms with van der Waals surface area (Å²) in [5.74, 6) is 0.778. The van der Waals surface area contributed by atoms with Crippen LogP contribution in [-0.2, 0) is 4.79 Å². The van der Waals surface area contributed by atoms with Gasteiger partial charge in [0.2, 0.25) is 0 Å². The van der Waals surface area contributed by atoms with Gasteiger partial charge in [0, 0.05) is 11.4 Å². The molecular weight excluding hydrogens is 383 g/mol. The summed E-state index contributed by atoms with van der Waals surface area (Å²) in [6, 6.07) is 22.5. The molecule has 5 heteroatoms. The minimum Gasteiger partial charge on any atom is -0.492 e. The first-order valence-electron chi connectivity index (χ1n) is 8.56. The van der Waals surface area contributed by atoms with Crippen molar-refractivity contribution in [3.8, 4) is 22.6 Å². The number of rotatable bonds is 7. The van der Waals surface area contributed by atoms with Gasteiger partial charge in [-0.05, 0) is 47.9 Å². The summed E-state index contributed by atoms with van der Waals surface area (Å²) in [7, 11) is 0. The van der Waals surface area contributed by atoms with Crippen molar-refractivity contribution in [2.45, 2.75) is 12.8 Å². The molecular formula is C22H18Cl2O3. The molecule has 0 aliphatic heterocycles. The quantitative estimate of drug-likeness (QED) is 0.260. The van der Waals surface area contributed by atoms with Gasteiger partial charge in [-0.2, -0.15) is 0 Å². The fraction of sp³-hybridized carbons (Fsp3) is 0.136. The Bertz CT molecular complexity index is 893. The van der Waals surface area contributed by atoms with E-state index in [2.05, 4.69) is 0 Å². The molecule has 27 heavy (non-hydrogen) atoms. The molecule has 0 N–H and O–H groups in total. The molecule has 3 aromatic rings. The third-order valence-electron chi connectivity index (χ3n) is 3.87. The zero-order valence-corrected chi connectivity index (χ0v) is 16.0. The molecule has 0 aliphatic rings. The lowest BCUT2D eigenvalue weighted by Gasteiger charge is -2.08. The third kappa shape index (κ3) is 5.75. The molecule has 0 unspecified atom stereocenters. The van der Waals surface area contributed by atoms with E-state index in [0.29, 0.717) is 34.6 Å². The second kappa shape index (κ2) is 9.45. The van der Waals surface area contributed by atoms with Crippen molar-refractivity contribution in [2.75, 3.05) is 6.61 Å². The van der Waals surface area contributed by atoms with E-state index in [1.165, 1.54) is 0 Å². The number of hydrogen-bond acceptors (Lipinski definition) is 3. The largest absolute Gasteiger partial charge is 0.492 e. The minimum absolute atomic E-state index is 0.256. The molecule has 0 fully saturated rings. The number of ether oxygens (including phenoxy) is 2. The zero-order chi connectivity index (χ0) is 19.1. The highest BCUT2D eigenvalue weighted by Crippen LogP contribution is 2.27. The van der Waals surface area contributed by atoms with Crippen molar-refractivity contribution < 1.29 is 14.3 Å². The van der Waals surface area contributed by atoms with Crippen LogP contribution in [0.25, 0.3) is 11.1 Å². The minimum atomic E-state index is -0.298. The normalized spacial score (nSPS) is 10.4. The van der Waals surface area contributed by atoms with Gasteiger partial charge in [-0.15, -0.1) is 0 Å². The van der Waals surface area contributed by atoms with Crippen LogP contribution in [0.2, 0.25) is 10.0 Å². The summed E-state index contributed by atoms with van der Waals surface area (Å²) >= 11 is 11.9. The highest BCUT2D eigenvalue weighted by atomic mass is 35.5. The monoisotopic (exact) mass is 400 g/mol. The molecule has 0 heterocycles. The van der Waals surface area contributed by atoms with Crippen LogP contribution in [0.4, 0.5) is 0 Å². The highest BCUT2D eigenvalue weighted by molar-refractivity contribution is 6.35. The van der Waals surface area contributed by atoms with Gasteiger partial charge in [0.15, 0.2) is 0 Å². The molecule has 0 amide bonds. The summed E-state index contributed by atoms with van der Waals surface area (Å²) in [6.45, 7) is 0.364. The lowest BCUT2D eigenvalue weighted by Crippen LogP contribution is -2.10. The van der Waals surface area contributed by atoms with Gasteiger partial charge in [0.25, 0.3) is 0 Å². The predicted molar refractivity (Wildman–Crippen MR) is 109 cm³/mol. The fourth-order valence-corrected chi connectivity index (χ4v) is 2.98. The Morgan fingerprint density at radius 3 is 2.26 bits per heavy atom. The Balaban J connectivity index is 1.44. The lowest BCUT2D eigenvalue weighted by atomic mass is 10.1. The predicted octanol–water partition coefficient (Wildman–Crippen LogP) is 6.43. The number of halogens is 2. The first-order valence-corrected chi connectivity index (χ1v) is 9.31. The second-order valence-corrected chi connectivity index (χ2v) is 6.73. The van der Waals surface area contributed by atoms with Crippen LogP contribution in [-0.4, -0.2) is 12.6 Å². The molecule has 0 radical (unpaired) electrons. The van der Waals surface area contributed by atoms with Crippen LogP contribution in [0.15, 0.2) is 72.8 Å². The van der Waals surface area contributed by atoms with Gasteiger partial charge in [0.05, 0.1) is 11.6 Å². The molecule has 0 aromatic heterocycles. The molecule has 0 spiro atoms. The van der Waals surface area contributed by atoms with Crippen molar-refractivity contribution in [2.24, 2.45) is 0 Å². The van der Waals surface area contributed by atoms with Crippen LogP contribution in [0.5, 0.6) is 11.5 Å². The number of benzene rings is 3. The molecule has 3 nitrogen and oxygen atoms in total. The highest BCUT2D eigenvalue weighted by Gasteiger charge is 2.07. The van der Waals surface area contributed by atoms with Crippen LogP contribution in [0, 0.1) is 0 Å². The van der Waals surface area contributed by atoms with E-state index in [9.17, 15) is 4.79 Å². The maximum atomic E-state index is 12.0. The van der Waals surface area contributed by atoms with Gasteiger partial charge >= 0.3 is 5.97 Å². The zero-order valence-electron chi connectivity index (χ0n) is 14.5. The average molecular weight is 401 g/mol. The summed E-state index contributed by atoms with van der Waals surface area (Å²) in [5.41, 5.74) is 2.19. The summed E-state index contributed by atoms with van der Waals surface area (Å²) in [6.07, 6.45) is 0.783. The first kappa shape index (κ1) is 19.3.